The van der Waals surface area contributed by atoms with Gasteiger partial charge in [0.25, 0.3) is 0 Å². The quantitative estimate of drug-likeness (QED) is 0.166. The molecule has 0 aliphatic carbocycles. The first kappa shape index (κ1) is 27.9. The van der Waals surface area contributed by atoms with Crippen LogP contribution in [0, 0.1) is 5.92 Å². The number of anilines is 1. The third kappa shape index (κ3) is 7.30. The lowest BCUT2D eigenvalue weighted by molar-refractivity contribution is -0.143. The summed E-state index contributed by atoms with van der Waals surface area (Å²) in [5.41, 5.74) is 4.59. The van der Waals surface area contributed by atoms with Crippen molar-refractivity contribution in [2.24, 2.45) is 5.92 Å². The number of aliphatic carboxylic acids is 1. The van der Waals surface area contributed by atoms with Crippen LogP contribution in [0.2, 0.25) is 0 Å². The van der Waals surface area contributed by atoms with Gasteiger partial charge >= 0.3 is 25.4 Å². The number of carboxylic acids is 1. The van der Waals surface area contributed by atoms with E-state index in [0.717, 1.165) is 11.7 Å². The Hall–Kier alpha value is -2.39. The standard InChI is InChI=1S/C18H29N4O11P/c1-9(2)6-10(17(26)27)21-34(29,32-8-13(23)30-3)31-7-11-14(24)15(25)16(33-11)22-5-4-12(19)20-18(22)28/h4-5,9-11,14-16,24-25H,6-8H2,1-3H3,(H,21,29)(H,26,27)(H2,19,20,28)/t10-,11+,14+,15-,16+,34?/m0/s1. The van der Waals surface area contributed by atoms with Crippen LogP contribution in [0.15, 0.2) is 17.1 Å². The fourth-order valence-corrected chi connectivity index (χ4v) is 4.51. The zero-order valence-electron chi connectivity index (χ0n) is 18.8. The maximum Gasteiger partial charge on any atom is 0.406 e. The Balaban J connectivity index is 2.17. The van der Waals surface area contributed by atoms with Crippen LogP contribution in [0.5, 0.6) is 0 Å². The van der Waals surface area contributed by atoms with Crippen molar-refractivity contribution < 1.29 is 48.0 Å². The number of nitrogens with one attached hydrogen (secondary N) is 1. The predicted octanol–water partition coefficient (Wildman–Crippen LogP) is -1.15. The first-order valence-electron chi connectivity index (χ1n) is 10.2. The number of esters is 1. The van der Waals surface area contributed by atoms with Crippen molar-refractivity contribution in [2.45, 2.75) is 50.8 Å². The van der Waals surface area contributed by atoms with E-state index < -0.39 is 69.2 Å². The van der Waals surface area contributed by atoms with Crippen LogP contribution in [0.1, 0.15) is 26.5 Å². The number of nitrogen functional groups attached to an aromatic ring is 1. The van der Waals surface area contributed by atoms with E-state index in [-0.39, 0.29) is 18.2 Å². The molecule has 0 aromatic carbocycles. The number of carbonyl (C=O) groups is 2. The number of hydrogen-bond acceptors (Lipinski definition) is 12. The average Bonchev–Trinajstić information content (AvgIpc) is 3.04. The molecule has 2 rings (SSSR count). The Bertz CT molecular complexity index is 971. The maximum absolute atomic E-state index is 13.2. The van der Waals surface area contributed by atoms with Crippen LogP contribution < -0.4 is 16.5 Å². The van der Waals surface area contributed by atoms with E-state index >= 15 is 0 Å². The van der Waals surface area contributed by atoms with Crippen LogP contribution in [0.4, 0.5) is 5.82 Å². The molecule has 15 nitrogen and oxygen atoms in total. The van der Waals surface area contributed by atoms with Crippen molar-refractivity contribution >= 4 is 25.5 Å². The summed E-state index contributed by atoms with van der Waals surface area (Å²) in [4.78, 5) is 38.6. The van der Waals surface area contributed by atoms with E-state index in [2.05, 4.69) is 14.8 Å². The summed E-state index contributed by atoms with van der Waals surface area (Å²) in [6.07, 6.45) is -4.58. The fourth-order valence-electron chi connectivity index (χ4n) is 3.07. The van der Waals surface area contributed by atoms with Crippen molar-refractivity contribution in [3.63, 3.8) is 0 Å². The molecular weight excluding hydrogens is 479 g/mol. The summed E-state index contributed by atoms with van der Waals surface area (Å²) in [6, 6.07) is -0.0663. The third-order valence-electron chi connectivity index (χ3n) is 4.77. The highest BCUT2D eigenvalue weighted by atomic mass is 31.2. The van der Waals surface area contributed by atoms with Crippen LogP contribution in [-0.4, -0.2) is 81.5 Å². The molecule has 1 aromatic heterocycles. The number of carboxylic acid groups (broad SMARTS) is 1. The number of carbonyl (C=O) groups excluding carboxylic acids is 1. The second-order valence-electron chi connectivity index (χ2n) is 7.88. The molecule has 2 heterocycles. The Kier molecular flexibility index (Phi) is 9.70. The third-order valence-corrected chi connectivity index (χ3v) is 6.36. The van der Waals surface area contributed by atoms with Gasteiger partial charge in [0.1, 0.15) is 30.2 Å². The molecule has 6 atom stereocenters. The van der Waals surface area contributed by atoms with E-state index in [1.807, 2.05) is 0 Å². The van der Waals surface area contributed by atoms with Gasteiger partial charge in [-0.15, -0.1) is 0 Å². The van der Waals surface area contributed by atoms with E-state index in [1.165, 1.54) is 12.3 Å². The van der Waals surface area contributed by atoms with E-state index in [0.29, 0.717) is 0 Å². The summed E-state index contributed by atoms with van der Waals surface area (Å²) in [5.74, 6) is -2.39. The van der Waals surface area contributed by atoms with Gasteiger partial charge in [0.2, 0.25) is 0 Å². The zero-order valence-corrected chi connectivity index (χ0v) is 19.7. The Labute approximate surface area is 194 Å². The molecule has 0 saturated carbocycles. The molecular formula is C18H29N4O11P. The van der Waals surface area contributed by atoms with Gasteiger partial charge < -0.3 is 30.5 Å². The van der Waals surface area contributed by atoms with Crippen molar-refractivity contribution in [2.75, 3.05) is 26.1 Å². The molecule has 1 saturated heterocycles. The lowest BCUT2D eigenvalue weighted by Crippen LogP contribution is -2.38. The molecule has 1 aliphatic heterocycles. The van der Waals surface area contributed by atoms with E-state index in [9.17, 15) is 34.3 Å². The SMILES string of the molecule is COC(=O)COP(=O)(N[C@@H](CC(C)C)C(=O)O)OC[C@H]1O[C@@H](n2ccc(N)nc2=O)[C@@H](O)[C@@H]1O. The Morgan fingerprint density at radius 2 is 2.00 bits per heavy atom. The normalized spacial score (nSPS) is 25.1. The molecule has 1 aliphatic rings. The number of aliphatic hydroxyl groups excluding tert-OH is 2. The van der Waals surface area contributed by atoms with Crippen molar-refractivity contribution in [1.82, 2.24) is 14.6 Å². The van der Waals surface area contributed by atoms with Gasteiger partial charge in [-0.2, -0.15) is 4.98 Å². The lowest BCUT2D eigenvalue weighted by Gasteiger charge is -2.25. The van der Waals surface area contributed by atoms with Gasteiger partial charge in [-0.25, -0.2) is 19.2 Å². The molecule has 0 radical (unpaired) electrons. The summed E-state index contributed by atoms with van der Waals surface area (Å²) in [7, 11) is -3.39. The highest BCUT2D eigenvalue weighted by Gasteiger charge is 2.45. The fraction of sp³-hybridized carbons (Fsp3) is 0.667. The van der Waals surface area contributed by atoms with Crippen LogP contribution in [0.25, 0.3) is 0 Å². The molecule has 1 aromatic rings. The number of nitrogens with two attached hydrogens (primary N) is 1. The minimum absolute atomic E-state index is 0.0562. The Morgan fingerprint density at radius 1 is 1.32 bits per heavy atom. The molecule has 0 bridgehead atoms. The number of aliphatic hydroxyl groups is 2. The molecule has 34 heavy (non-hydrogen) atoms. The molecule has 6 N–H and O–H groups in total. The maximum atomic E-state index is 13.2. The molecule has 16 heteroatoms. The van der Waals surface area contributed by atoms with Crippen molar-refractivity contribution in [3.8, 4) is 0 Å². The molecule has 192 valence electrons. The summed E-state index contributed by atoms with van der Waals surface area (Å²) >= 11 is 0. The number of ether oxygens (including phenoxy) is 2. The number of hydrogen-bond donors (Lipinski definition) is 5. The number of methoxy groups -OCH3 is 1. The van der Waals surface area contributed by atoms with E-state index in [1.54, 1.807) is 13.8 Å². The predicted molar refractivity (Wildman–Crippen MR) is 114 cm³/mol. The smallest absolute Gasteiger partial charge is 0.406 e. The second kappa shape index (κ2) is 11.8. The average molecular weight is 508 g/mol. The minimum atomic E-state index is -4.46. The summed E-state index contributed by atoms with van der Waals surface area (Å²) in [5, 5.41) is 32.4. The molecule has 0 amide bonds. The van der Waals surface area contributed by atoms with E-state index in [4.69, 9.17) is 19.5 Å². The highest BCUT2D eigenvalue weighted by molar-refractivity contribution is 7.51. The van der Waals surface area contributed by atoms with Crippen LogP contribution >= 0.6 is 7.75 Å². The van der Waals surface area contributed by atoms with Gasteiger partial charge in [-0.3, -0.25) is 18.4 Å². The summed E-state index contributed by atoms with van der Waals surface area (Å²) in [6.45, 7) is 2.01. The van der Waals surface area contributed by atoms with Gasteiger partial charge in [-0.05, 0) is 18.4 Å². The monoisotopic (exact) mass is 508 g/mol. The van der Waals surface area contributed by atoms with Gasteiger partial charge in [0, 0.05) is 6.20 Å². The first-order valence-corrected chi connectivity index (χ1v) is 11.7. The molecule has 0 spiro atoms. The second-order valence-corrected chi connectivity index (χ2v) is 9.65. The zero-order chi connectivity index (χ0) is 25.6. The van der Waals surface area contributed by atoms with Crippen LogP contribution in [-0.2, 0) is 32.7 Å². The molecule has 1 unspecified atom stereocenters. The van der Waals surface area contributed by atoms with Crippen molar-refractivity contribution in [1.29, 1.82) is 0 Å². The number of nitrogens with zero attached hydrogens (tertiary/aromatic N) is 2. The van der Waals surface area contributed by atoms with Gasteiger partial charge in [0.05, 0.1) is 13.7 Å². The lowest BCUT2D eigenvalue weighted by atomic mass is 10.1. The largest absolute Gasteiger partial charge is 0.480 e. The van der Waals surface area contributed by atoms with Gasteiger partial charge in [-0.1, -0.05) is 13.8 Å². The first-order chi connectivity index (χ1) is 15.9. The number of rotatable bonds is 12. The number of aromatic nitrogens is 2. The Morgan fingerprint density at radius 3 is 2.56 bits per heavy atom. The summed E-state index contributed by atoms with van der Waals surface area (Å²) < 4.78 is 34.3. The van der Waals surface area contributed by atoms with Gasteiger partial charge in [0.15, 0.2) is 12.8 Å². The van der Waals surface area contributed by atoms with Crippen molar-refractivity contribution in [3.05, 3.63) is 22.7 Å². The topological polar surface area (TPSA) is 222 Å². The minimum Gasteiger partial charge on any atom is -0.480 e. The highest BCUT2D eigenvalue weighted by Crippen LogP contribution is 2.46. The molecule has 1 fully saturated rings. The van der Waals surface area contributed by atoms with Crippen LogP contribution in [0.3, 0.4) is 0 Å².